The van der Waals surface area contributed by atoms with Gasteiger partial charge in [0.15, 0.2) is 5.82 Å². The van der Waals surface area contributed by atoms with E-state index in [1.165, 1.54) is 16.4 Å². The van der Waals surface area contributed by atoms with Crippen LogP contribution in [-0.4, -0.2) is 38.5 Å². The first-order valence-corrected chi connectivity index (χ1v) is 9.87. The summed E-state index contributed by atoms with van der Waals surface area (Å²) in [5.41, 5.74) is 1.08. The molecule has 1 amide bonds. The third-order valence-electron chi connectivity index (χ3n) is 3.93. The summed E-state index contributed by atoms with van der Waals surface area (Å²) in [6, 6.07) is 16.8. The van der Waals surface area contributed by atoms with E-state index in [1.807, 2.05) is 30.3 Å². The predicted molar refractivity (Wildman–Crippen MR) is 110 cm³/mol. The van der Waals surface area contributed by atoms with Gasteiger partial charge in [0, 0.05) is 18.6 Å². The van der Waals surface area contributed by atoms with Gasteiger partial charge in [-0.05, 0) is 29.8 Å². The van der Waals surface area contributed by atoms with E-state index in [2.05, 4.69) is 10.2 Å². The summed E-state index contributed by atoms with van der Waals surface area (Å²) in [7, 11) is 1.77. The molecule has 0 aliphatic rings. The van der Waals surface area contributed by atoms with Crippen molar-refractivity contribution >= 4 is 29.3 Å². The highest BCUT2D eigenvalue weighted by Crippen LogP contribution is 2.19. The second-order valence-electron chi connectivity index (χ2n) is 6.04. The molecule has 0 spiro atoms. The largest absolute Gasteiger partial charge is 0.486 e. The summed E-state index contributed by atoms with van der Waals surface area (Å²) >= 11 is 7.09. The highest BCUT2D eigenvalue weighted by molar-refractivity contribution is 7.99. The van der Waals surface area contributed by atoms with Gasteiger partial charge in [0.05, 0.1) is 5.75 Å². The molecular formula is C19H20ClN5O2S. The molecule has 3 aromatic rings. The molecule has 0 atom stereocenters. The zero-order valence-corrected chi connectivity index (χ0v) is 16.9. The van der Waals surface area contributed by atoms with Gasteiger partial charge in [0.1, 0.15) is 12.4 Å². The molecule has 2 N–H and O–H groups in total. The number of carbonyl (C=O) groups excluding carboxylic acids is 1. The maximum atomic E-state index is 12.3. The number of nitrogen functional groups attached to an aromatic ring is 1. The second-order valence-corrected chi connectivity index (χ2v) is 7.41. The van der Waals surface area contributed by atoms with Crippen molar-refractivity contribution in [3.05, 3.63) is 71.0 Å². The molecule has 0 saturated heterocycles. The van der Waals surface area contributed by atoms with Crippen molar-refractivity contribution in [3.8, 4) is 5.75 Å². The van der Waals surface area contributed by atoms with E-state index in [0.717, 1.165) is 5.56 Å². The molecule has 2 aromatic carbocycles. The number of ether oxygens (including phenoxy) is 1. The number of nitrogens with zero attached hydrogens (tertiary/aromatic N) is 4. The molecule has 1 aromatic heterocycles. The van der Waals surface area contributed by atoms with Crippen LogP contribution in [0.15, 0.2) is 59.8 Å². The summed E-state index contributed by atoms with van der Waals surface area (Å²) < 4.78 is 6.96. The van der Waals surface area contributed by atoms with Crippen LogP contribution in [-0.2, 0) is 17.9 Å². The molecule has 3 rings (SSSR count). The van der Waals surface area contributed by atoms with Crippen molar-refractivity contribution in [3.63, 3.8) is 0 Å². The summed E-state index contributed by atoms with van der Waals surface area (Å²) in [4.78, 5) is 14.0. The number of nitrogens with two attached hydrogens (primary N) is 1. The molecular weight excluding hydrogens is 398 g/mol. The fourth-order valence-electron chi connectivity index (χ4n) is 2.36. The lowest BCUT2D eigenvalue weighted by atomic mass is 10.2. The highest BCUT2D eigenvalue weighted by atomic mass is 35.5. The number of halogens is 1. The third-order valence-corrected chi connectivity index (χ3v) is 5.11. The van der Waals surface area contributed by atoms with Gasteiger partial charge in [-0.1, -0.05) is 53.7 Å². The molecule has 0 aliphatic heterocycles. The fraction of sp³-hybridized carbons (Fsp3) is 0.211. The number of hydrogen-bond donors (Lipinski definition) is 1. The summed E-state index contributed by atoms with van der Waals surface area (Å²) in [6.07, 6.45) is 0. The van der Waals surface area contributed by atoms with E-state index in [-0.39, 0.29) is 18.3 Å². The van der Waals surface area contributed by atoms with Gasteiger partial charge in [-0.3, -0.25) is 4.79 Å². The Bertz CT molecular complexity index is 918. The molecule has 146 valence electrons. The average Bonchev–Trinajstić information content (AvgIpc) is 3.06. The molecule has 7 nitrogen and oxygen atoms in total. The lowest BCUT2D eigenvalue weighted by molar-refractivity contribution is -0.127. The average molecular weight is 418 g/mol. The molecule has 0 bridgehead atoms. The number of thioether (sulfide) groups is 1. The van der Waals surface area contributed by atoms with Gasteiger partial charge in [0.2, 0.25) is 11.1 Å². The fourth-order valence-corrected chi connectivity index (χ4v) is 3.31. The summed E-state index contributed by atoms with van der Waals surface area (Å²) in [6.45, 7) is 0.712. The monoisotopic (exact) mass is 417 g/mol. The van der Waals surface area contributed by atoms with E-state index in [0.29, 0.717) is 28.3 Å². The van der Waals surface area contributed by atoms with E-state index < -0.39 is 0 Å². The van der Waals surface area contributed by atoms with E-state index in [1.54, 1.807) is 36.2 Å². The van der Waals surface area contributed by atoms with E-state index in [9.17, 15) is 4.79 Å². The van der Waals surface area contributed by atoms with Crippen LogP contribution >= 0.6 is 23.4 Å². The molecule has 28 heavy (non-hydrogen) atoms. The van der Waals surface area contributed by atoms with Gasteiger partial charge in [0.25, 0.3) is 0 Å². The molecule has 0 saturated carbocycles. The van der Waals surface area contributed by atoms with Gasteiger partial charge in [-0.2, -0.15) is 0 Å². The van der Waals surface area contributed by atoms with Gasteiger partial charge >= 0.3 is 0 Å². The molecule has 1 heterocycles. The lowest BCUT2D eigenvalue weighted by Gasteiger charge is -2.16. The Kier molecular flexibility index (Phi) is 6.78. The summed E-state index contributed by atoms with van der Waals surface area (Å²) in [5.74, 6) is 7.34. The van der Waals surface area contributed by atoms with Crippen LogP contribution in [0, 0.1) is 0 Å². The van der Waals surface area contributed by atoms with Gasteiger partial charge in [-0.15, -0.1) is 10.2 Å². The van der Waals surface area contributed by atoms with Crippen molar-refractivity contribution in [1.29, 1.82) is 0 Å². The molecule has 9 heteroatoms. The topological polar surface area (TPSA) is 86.3 Å². The zero-order chi connectivity index (χ0) is 19.9. The number of amides is 1. The van der Waals surface area contributed by atoms with Crippen molar-refractivity contribution in [1.82, 2.24) is 19.8 Å². The maximum absolute atomic E-state index is 12.3. The van der Waals surface area contributed by atoms with Crippen LogP contribution in [0.1, 0.15) is 11.4 Å². The van der Waals surface area contributed by atoms with Crippen LogP contribution in [0.3, 0.4) is 0 Å². The minimum Gasteiger partial charge on any atom is -0.486 e. The Labute approximate surface area is 172 Å². The van der Waals surface area contributed by atoms with E-state index >= 15 is 0 Å². The predicted octanol–water partition coefficient (Wildman–Crippen LogP) is 2.98. The molecule has 0 fully saturated rings. The SMILES string of the molecule is CN(Cc1ccccc1)C(=O)CSc1nnc(COc2ccc(Cl)cc2)n1N. The van der Waals surface area contributed by atoms with Gasteiger partial charge in [-0.25, -0.2) is 4.68 Å². The smallest absolute Gasteiger partial charge is 0.233 e. The first kappa shape index (κ1) is 20.0. The second kappa shape index (κ2) is 9.48. The van der Waals surface area contributed by atoms with Crippen molar-refractivity contribution < 1.29 is 9.53 Å². The maximum Gasteiger partial charge on any atom is 0.233 e. The third kappa shape index (κ3) is 5.40. The van der Waals surface area contributed by atoms with Crippen LogP contribution in [0.5, 0.6) is 5.75 Å². The van der Waals surface area contributed by atoms with Crippen LogP contribution in [0.4, 0.5) is 0 Å². The first-order chi connectivity index (χ1) is 13.5. The van der Waals surface area contributed by atoms with Crippen molar-refractivity contribution in [2.45, 2.75) is 18.3 Å². The standard InChI is InChI=1S/C19H20ClN5O2S/c1-24(11-14-5-3-2-4-6-14)18(26)13-28-19-23-22-17(25(19)21)12-27-16-9-7-15(20)8-10-16/h2-10H,11-13,21H2,1H3. The normalized spacial score (nSPS) is 10.6. The van der Waals surface area contributed by atoms with Crippen molar-refractivity contribution in [2.24, 2.45) is 0 Å². The van der Waals surface area contributed by atoms with Crippen molar-refractivity contribution in [2.75, 3.05) is 18.6 Å². The first-order valence-electron chi connectivity index (χ1n) is 8.51. The Balaban J connectivity index is 1.50. The zero-order valence-electron chi connectivity index (χ0n) is 15.3. The number of benzene rings is 2. The molecule has 0 unspecified atom stereocenters. The number of rotatable bonds is 8. The Hall–Kier alpha value is -2.71. The van der Waals surface area contributed by atoms with Crippen LogP contribution < -0.4 is 10.6 Å². The molecule has 0 aliphatic carbocycles. The number of aromatic nitrogens is 3. The van der Waals surface area contributed by atoms with Crippen LogP contribution in [0.2, 0.25) is 5.02 Å². The minimum absolute atomic E-state index is 0.0178. The van der Waals surface area contributed by atoms with Gasteiger partial charge < -0.3 is 15.5 Å². The Morgan fingerprint density at radius 2 is 1.89 bits per heavy atom. The molecule has 0 radical (unpaired) electrons. The quantitative estimate of drug-likeness (QED) is 0.448. The lowest BCUT2D eigenvalue weighted by Crippen LogP contribution is -2.28. The van der Waals surface area contributed by atoms with Crippen LogP contribution in [0.25, 0.3) is 0 Å². The van der Waals surface area contributed by atoms with E-state index in [4.69, 9.17) is 22.2 Å². The Morgan fingerprint density at radius 3 is 2.61 bits per heavy atom. The highest BCUT2D eigenvalue weighted by Gasteiger charge is 2.15. The Morgan fingerprint density at radius 1 is 1.18 bits per heavy atom. The number of hydrogen-bond acceptors (Lipinski definition) is 6. The minimum atomic E-state index is -0.0178. The summed E-state index contributed by atoms with van der Waals surface area (Å²) in [5, 5.41) is 9.16. The number of carbonyl (C=O) groups is 1.